The normalized spacial score (nSPS) is 10.0. The van der Waals surface area contributed by atoms with E-state index in [9.17, 15) is 9.59 Å². The first-order valence-electron chi connectivity index (χ1n) is 7.06. The molecule has 2 aromatic rings. The average molecular weight is 317 g/mol. The van der Waals surface area contributed by atoms with Crippen molar-refractivity contribution in [3.63, 3.8) is 0 Å². The van der Waals surface area contributed by atoms with E-state index in [4.69, 9.17) is 4.74 Å². The highest BCUT2D eigenvalue weighted by atomic mass is 16.6. The number of carbonyl (C=O) groups is 2. The van der Waals surface area contributed by atoms with Crippen molar-refractivity contribution in [3.8, 4) is 0 Å². The molecule has 0 aliphatic heterocycles. The third-order valence-corrected chi connectivity index (χ3v) is 3.02. The van der Waals surface area contributed by atoms with Gasteiger partial charge in [-0.1, -0.05) is 0 Å². The van der Waals surface area contributed by atoms with Crippen LogP contribution in [0.25, 0.3) is 0 Å². The lowest BCUT2D eigenvalue weighted by molar-refractivity contribution is 0.161. The van der Waals surface area contributed by atoms with E-state index >= 15 is 0 Å². The van der Waals surface area contributed by atoms with Gasteiger partial charge in [0.25, 0.3) is 0 Å². The Morgan fingerprint density at radius 1 is 1.22 bits per heavy atom. The topological polar surface area (TPSA) is 88.5 Å². The van der Waals surface area contributed by atoms with Crippen molar-refractivity contribution in [2.24, 2.45) is 7.05 Å². The zero-order valence-electron chi connectivity index (χ0n) is 13.2. The van der Waals surface area contributed by atoms with E-state index in [0.29, 0.717) is 23.7 Å². The molecular formula is C15H19N5O3. The summed E-state index contributed by atoms with van der Waals surface area (Å²) in [5.74, 6) is 0. The van der Waals surface area contributed by atoms with Crippen LogP contribution in [-0.4, -0.2) is 35.6 Å². The van der Waals surface area contributed by atoms with Crippen LogP contribution in [0.2, 0.25) is 0 Å². The molecular weight excluding hydrogens is 298 g/mol. The molecule has 0 saturated carbocycles. The molecule has 0 spiro atoms. The maximum absolute atomic E-state index is 11.9. The molecule has 2 rings (SSSR count). The van der Waals surface area contributed by atoms with Gasteiger partial charge >= 0.3 is 12.1 Å². The van der Waals surface area contributed by atoms with E-state index in [-0.39, 0.29) is 6.03 Å². The van der Waals surface area contributed by atoms with E-state index < -0.39 is 6.09 Å². The first-order valence-corrected chi connectivity index (χ1v) is 7.06. The minimum Gasteiger partial charge on any atom is -0.449 e. The molecule has 1 aromatic heterocycles. The van der Waals surface area contributed by atoms with Crippen molar-refractivity contribution in [1.29, 1.82) is 0 Å². The number of nitrogens with zero attached hydrogens (tertiary/aromatic N) is 3. The quantitative estimate of drug-likeness (QED) is 0.907. The highest BCUT2D eigenvalue weighted by molar-refractivity contribution is 5.99. The highest BCUT2D eigenvalue weighted by Gasteiger charge is 2.11. The standard InChI is InChI=1S/C15H19N5O3/c1-4-23-15(22)20(3)13-7-5-11(6-8-13)17-14(21)18-12-9-16-19(2)10-12/h5-10H,4H2,1-3H3,(H2,17,18,21). The van der Waals surface area contributed by atoms with Gasteiger partial charge in [0.2, 0.25) is 0 Å². The van der Waals surface area contributed by atoms with E-state index in [1.807, 2.05) is 0 Å². The molecule has 0 saturated heterocycles. The van der Waals surface area contributed by atoms with Crippen LogP contribution >= 0.6 is 0 Å². The molecule has 2 N–H and O–H groups in total. The van der Waals surface area contributed by atoms with E-state index in [2.05, 4.69) is 15.7 Å². The summed E-state index contributed by atoms with van der Waals surface area (Å²) in [6.07, 6.45) is 2.82. The fourth-order valence-corrected chi connectivity index (χ4v) is 1.87. The van der Waals surface area contributed by atoms with Crippen LogP contribution in [0, 0.1) is 0 Å². The number of aryl methyl sites for hydroxylation is 1. The van der Waals surface area contributed by atoms with Crippen molar-refractivity contribution >= 4 is 29.2 Å². The predicted octanol–water partition coefficient (Wildman–Crippen LogP) is 2.66. The van der Waals surface area contributed by atoms with Crippen LogP contribution in [-0.2, 0) is 11.8 Å². The van der Waals surface area contributed by atoms with Crippen molar-refractivity contribution in [2.45, 2.75) is 6.92 Å². The SMILES string of the molecule is CCOC(=O)N(C)c1ccc(NC(=O)Nc2cnn(C)c2)cc1. The molecule has 8 heteroatoms. The molecule has 0 atom stereocenters. The van der Waals surface area contributed by atoms with Gasteiger partial charge in [0.15, 0.2) is 0 Å². The number of anilines is 3. The van der Waals surface area contributed by atoms with Gasteiger partial charge in [-0.3, -0.25) is 9.58 Å². The number of carbonyl (C=O) groups excluding carboxylic acids is 2. The van der Waals surface area contributed by atoms with Gasteiger partial charge in [0.1, 0.15) is 0 Å². The summed E-state index contributed by atoms with van der Waals surface area (Å²) < 4.78 is 6.51. The van der Waals surface area contributed by atoms with Gasteiger partial charge in [0.05, 0.1) is 18.5 Å². The molecule has 0 unspecified atom stereocenters. The minimum atomic E-state index is -0.428. The summed E-state index contributed by atoms with van der Waals surface area (Å²) in [5.41, 5.74) is 1.87. The minimum absolute atomic E-state index is 0.317. The number of ether oxygens (including phenoxy) is 1. The number of hydrogen-bond donors (Lipinski definition) is 2. The smallest absolute Gasteiger partial charge is 0.413 e. The lowest BCUT2D eigenvalue weighted by atomic mass is 10.2. The van der Waals surface area contributed by atoms with Crippen molar-refractivity contribution in [3.05, 3.63) is 36.7 Å². The van der Waals surface area contributed by atoms with E-state index in [0.717, 1.165) is 0 Å². The van der Waals surface area contributed by atoms with Gasteiger partial charge in [-0.25, -0.2) is 9.59 Å². The van der Waals surface area contributed by atoms with E-state index in [1.165, 1.54) is 4.90 Å². The van der Waals surface area contributed by atoms with Crippen LogP contribution in [0.1, 0.15) is 6.92 Å². The number of hydrogen-bond acceptors (Lipinski definition) is 4. The molecule has 1 aromatic carbocycles. The molecule has 0 fully saturated rings. The molecule has 0 aliphatic carbocycles. The summed E-state index contributed by atoms with van der Waals surface area (Å²) in [6.45, 7) is 2.07. The van der Waals surface area contributed by atoms with Gasteiger partial charge < -0.3 is 15.4 Å². The summed E-state index contributed by atoms with van der Waals surface area (Å²) in [7, 11) is 3.39. The van der Waals surface area contributed by atoms with Crippen molar-refractivity contribution in [1.82, 2.24) is 9.78 Å². The second kappa shape index (κ2) is 7.30. The second-order valence-electron chi connectivity index (χ2n) is 4.79. The zero-order valence-corrected chi connectivity index (χ0v) is 13.2. The van der Waals surface area contributed by atoms with Gasteiger partial charge in [-0.2, -0.15) is 5.10 Å². The number of benzene rings is 1. The summed E-state index contributed by atoms with van der Waals surface area (Å²) >= 11 is 0. The molecule has 0 bridgehead atoms. The highest BCUT2D eigenvalue weighted by Crippen LogP contribution is 2.18. The third kappa shape index (κ3) is 4.47. The summed E-state index contributed by atoms with van der Waals surface area (Å²) in [4.78, 5) is 24.9. The van der Waals surface area contributed by atoms with Crippen LogP contribution in [0.3, 0.4) is 0 Å². The van der Waals surface area contributed by atoms with Crippen LogP contribution < -0.4 is 15.5 Å². The van der Waals surface area contributed by atoms with E-state index in [1.54, 1.807) is 62.4 Å². The Morgan fingerprint density at radius 2 is 1.87 bits per heavy atom. The lowest BCUT2D eigenvalue weighted by Crippen LogP contribution is -2.27. The Hall–Kier alpha value is -3.03. The van der Waals surface area contributed by atoms with Gasteiger partial charge in [-0.15, -0.1) is 0 Å². The Bertz CT molecular complexity index is 681. The fraction of sp³-hybridized carbons (Fsp3) is 0.267. The average Bonchev–Trinajstić information content (AvgIpc) is 2.92. The zero-order chi connectivity index (χ0) is 16.8. The molecule has 0 radical (unpaired) electrons. The lowest BCUT2D eigenvalue weighted by Gasteiger charge is -2.16. The summed E-state index contributed by atoms with van der Waals surface area (Å²) in [5, 5.41) is 9.33. The Balaban J connectivity index is 1.94. The molecule has 3 amide bonds. The molecule has 23 heavy (non-hydrogen) atoms. The van der Waals surface area contributed by atoms with Crippen LogP contribution in [0.15, 0.2) is 36.7 Å². The Kier molecular flexibility index (Phi) is 5.19. The number of amides is 3. The third-order valence-electron chi connectivity index (χ3n) is 3.02. The Morgan fingerprint density at radius 3 is 2.43 bits per heavy atom. The van der Waals surface area contributed by atoms with Crippen LogP contribution in [0.4, 0.5) is 26.7 Å². The maximum atomic E-state index is 11.9. The largest absolute Gasteiger partial charge is 0.449 e. The van der Waals surface area contributed by atoms with Crippen molar-refractivity contribution < 1.29 is 14.3 Å². The first kappa shape index (κ1) is 16.3. The number of rotatable bonds is 4. The second-order valence-corrected chi connectivity index (χ2v) is 4.79. The van der Waals surface area contributed by atoms with Gasteiger partial charge in [-0.05, 0) is 31.2 Å². The number of urea groups is 1. The van der Waals surface area contributed by atoms with Crippen molar-refractivity contribution in [2.75, 3.05) is 29.2 Å². The molecule has 8 nitrogen and oxygen atoms in total. The summed E-state index contributed by atoms with van der Waals surface area (Å²) in [6, 6.07) is 6.47. The van der Waals surface area contributed by atoms with Gasteiger partial charge in [0, 0.05) is 31.7 Å². The number of nitrogens with one attached hydrogen (secondary N) is 2. The first-order chi connectivity index (χ1) is 11.0. The predicted molar refractivity (Wildman–Crippen MR) is 87.7 cm³/mol. The monoisotopic (exact) mass is 317 g/mol. The molecule has 122 valence electrons. The number of aromatic nitrogens is 2. The Labute approximate surface area is 134 Å². The molecule has 1 heterocycles. The van der Waals surface area contributed by atoms with Crippen LogP contribution in [0.5, 0.6) is 0 Å². The maximum Gasteiger partial charge on any atom is 0.413 e. The molecule has 0 aliphatic rings. The fourth-order valence-electron chi connectivity index (χ4n) is 1.87.